The fourth-order valence-corrected chi connectivity index (χ4v) is 1.29. The van der Waals surface area contributed by atoms with Crippen LogP contribution in [-0.4, -0.2) is 22.6 Å². The molecule has 0 fully saturated rings. The minimum Gasteiger partial charge on any atom is -0.453 e. The van der Waals surface area contributed by atoms with E-state index in [2.05, 4.69) is 4.79 Å². The number of hydrogen-bond donors (Lipinski definition) is 0. The zero-order valence-electron chi connectivity index (χ0n) is 9.44. The smallest absolute Gasteiger partial charge is 0.416 e. The molecule has 14 heavy (non-hydrogen) atoms. The highest BCUT2D eigenvalue weighted by Crippen LogP contribution is 2.16. The van der Waals surface area contributed by atoms with Crippen LogP contribution in [0.25, 0.3) is 5.53 Å². The molecule has 0 aliphatic rings. The molecule has 0 N–H and O–H groups in total. The van der Waals surface area contributed by atoms with E-state index in [0.717, 1.165) is 0 Å². The second-order valence-corrected chi connectivity index (χ2v) is 4.04. The number of nitrogens with zero attached hydrogens (tertiary/aromatic N) is 2. The molecule has 0 radical (unpaired) electrons. The molecule has 0 heterocycles. The fraction of sp³-hybridized carbons (Fsp3) is 0.800. The molecule has 0 aromatic heterocycles. The largest absolute Gasteiger partial charge is 0.453 e. The summed E-state index contributed by atoms with van der Waals surface area (Å²) in [4.78, 5) is 14.1. The summed E-state index contributed by atoms with van der Waals surface area (Å²) in [5.74, 6) is -0.0456. The average molecular weight is 198 g/mol. The highest BCUT2D eigenvalue weighted by Gasteiger charge is 2.25. The van der Waals surface area contributed by atoms with Crippen LogP contribution < -0.4 is 0 Å². The van der Waals surface area contributed by atoms with Gasteiger partial charge in [0.1, 0.15) is 6.10 Å². The lowest BCUT2D eigenvalue weighted by Crippen LogP contribution is -2.31. The highest BCUT2D eigenvalue weighted by atomic mass is 16.5. The Balaban J connectivity index is 4.46. The molecule has 0 aromatic carbocycles. The van der Waals surface area contributed by atoms with Crippen molar-refractivity contribution >= 4 is 11.7 Å². The van der Waals surface area contributed by atoms with E-state index in [1.54, 1.807) is 0 Å². The molecule has 4 nitrogen and oxygen atoms in total. The maximum Gasteiger partial charge on any atom is 0.416 e. The van der Waals surface area contributed by atoms with Gasteiger partial charge >= 0.3 is 11.7 Å². The van der Waals surface area contributed by atoms with Crippen molar-refractivity contribution in [2.45, 2.75) is 40.7 Å². The minimum atomic E-state index is -0.556. The van der Waals surface area contributed by atoms with Gasteiger partial charge in [-0.15, -0.1) is 0 Å². The first-order valence-electron chi connectivity index (χ1n) is 4.79. The summed E-state index contributed by atoms with van der Waals surface area (Å²) >= 11 is 0. The van der Waals surface area contributed by atoms with Gasteiger partial charge in [0.25, 0.3) is 0 Å². The van der Waals surface area contributed by atoms with E-state index in [4.69, 9.17) is 10.3 Å². The van der Waals surface area contributed by atoms with Crippen molar-refractivity contribution in [3.8, 4) is 0 Å². The van der Waals surface area contributed by atoms with Gasteiger partial charge < -0.3 is 10.3 Å². The molecule has 0 aromatic rings. The summed E-state index contributed by atoms with van der Waals surface area (Å²) in [5, 5.41) is 0. The molecular weight excluding hydrogens is 180 g/mol. The molecule has 0 saturated carbocycles. The lowest BCUT2D eigenvalue weighted by atomic mass is 9.96. The number of hydrogen-bond acceptors (Lipinski definition) is 2. The van der Waals surface area contributed by atoms with Gasteiger partial charge in [0, 0.05) is 6.92 Å². The monoisotopic (exact) mass is 198 g/mol. The molecular formula is C10H18N2O2. The van der Waals surface area contributed by atoms with Crippen LogP contribution in [0.4, 0.5) is 0 Å². The van der Waals surface area contributed by atoms with Crippen molar-refractivity contribution in [1.82, 2.24) is 0 Å². The Morgan fingerprint density at radius 1 is 1.21 bits per heavy atom. The number of esters is 1. The van der Waals surface area contributed by atoms with Crippen LogP contribution in [0, 0.1) is 11.8 Å². The summed E-state index contributed by atoms with van der Waals surface area (Å²) in [7, 11) is 0. The molecule has 0 aliphatic carbocycles. The lowest BCUT2D eigenvalue weighted by molar-refractivity contribution is -0.150. The van der Waals surface area contributed by atoms with Crippen LogP contribution in [0.1, 0.15) is 34.6 Å². The van der Waals surface area contributed by atoms with E-state index in [-0.39, 0.29) is 23.7 Å². The first-order valence-corrected chi connectivity index (χ1v) is 4.79. The van der Waals surface area contributed by atoms with Crippen molar-refractivity contribution in [2.75, 3.05) is 0 Å². The van der Waals surface area contributed by atoms with Gasteiger partial charge in [0.2, 0.25) is 0 Å². The molecule has 80 valence electrons. The van der Waals surface area contributed by atoms with E-state index < -0.39 is 5.97 Å². The topological polar surface area (TPSA) is 62.7 Å². The van der Waals surface area contributed by atoms with Gasteiger partial charge in [0.05, 0.1) is 0 Å². The molecule has 4 heteroatoms. The Morgan fingerprint density at radius 3 is 1.93 bits per heavy atom. The Bertz CT molecular complexity index is 245. The van der Waals surface area contributed by atoms with E-state index >= 15 is 0 Å². The zero-order chi connectivity index (χ0) is 11.3. The molecule has 0 atom stereocenters. The third kappa shape index (κ3) is 3.71. The summed E-state index contributed by atoms with van der Waals surface area (Å²) in [6.07, 6.45) is -0.140. The Morgan fingerprint density at radius 2 is 1.64 bits per heavy atom. The Hall–Kier alpha value is -1.15. The summed E-state index contributed by atoms with van der Waals surface area (Å²) in [5.41, 5.74) is 8.37. The quantitative estimate of drug-likeness (QED) is 0.300. The van der Waals surface area contributed by atoms with Gasteiger partial charge in [-0.2, -0.15) is 4.79 Å². The molecule has 0 saturated heterocycles. The minimum absolute atomic E-state index is 0.0173. The Kier molecular flexibility index (Phi) is 5.10. The first-order chi connectivity index (χ1) is 6.40. The maximum atomic E-state index is 11.3. The first kappa shape index (κ1) is 12.8. The summed E-state index contributed by atoms with van der Waals surface area (Å²) in [6.45, 7) is 9.37. The molecule has 0 rings (SSSR count). The predicted molar refractivity (Wildman–Crippen MR) is 53.9 cm³/mol. The summed E-state index contributed by atoms with van der Waals surface area (Å²) in [6, 6.07) is 0. The van der Waals surface area contributed by atoms with E-state index in [0.29, 0.717) is 0 Å². The third-order valence-electron chi connectivity index (χ3n) is 2.00. The van der Waals surface area contributed by atoms with Crippen LogP contribution in [0.5, 0.6) is 0 Å². The molecule has 0 amide bonds. The molecule has 0 bridgehead atoms. The second-order valence-electron chi connectivity index (χ2n) is 4.04. The standard InChI is InChI=1S/C10H18N2O2/c1-6(2)9(7(3)4)14-10(13)8(5)12-11/h6-7,9H,1-5H3. The normalized spacial score (nSPS) is 10.6. The van der Waals surface area contributed by atoms with Crippen LogP contribution in [0.3, 0.4) is 0 Å². The van der Waals surface area contributed by atoms with Crippen molar-refractivity contribution in [3.05, 3.63) is 5.53 Å². The third-order valence-corrected chi connectivity index (χ3v) is 2.00. The number of ether oxygens (including phenoxy) is 1. The van der Waals surface area contributed by atoms with Crippen LogP contribution in [0.15, 0.2) is 0 Å². The van der Waals surface area contributed by atoms with E-state index in [1.807, 2.05) is 27.7 Å². The van der Waals surface area contributed by atoms with Gasteiger partial charge in [-0.1, -0.05) is 27.7 Å². The van der Waals surface area contributed by atoms with E-state index in [9.17, 15) is 4.79 Å². The zero-order valence-corrected chi connectivity index (χ0v) is 9.44. The molecule has 0 spiro atoms. The van der Waals surface area contributed by atoms with Crippen molar-refractivity contribution in [1.29, 1.82) is 0 Å². The van der Waals surface area contributed by atoms with Gasteiger partial charge in [-0.05, 0) is 11.8 Å². The van der Waals surface area contributed by atoms with Crippen molar-refractivity contribution in [3.63, 3.8) is 0 Å². The number of rotatable bonds is 4. The SMILES string of the molecule is CC(=[N+]=[N-])C(=O)OC(C(C)C)C(C)C. The van der Waals surface area contributed by atoms with Crippen molar-refractivity contribution < 1.29 is 14.3 Å². The Labute approximate surface area is 84.9 Å². The van der Waals surface area contributed by atoms with Gasteiger partial charge in [-0.3, -0.25) is 0 Å². The number of carbonyl (C=O) groups is 1. The fourth-order valence-electron chi connectivity index (χ4n) is 1.29. The van der Waals surface area contributed by atoms with Gasteiger partial charge in [0.15, 0.2) is 0 Å². The average Bonchev–Trinajstić information content (AvgIpc) is 2.11. The van der Waals surface area contributed by atoms with Crippen LogP contribution in [-0.2, 0) is 9.53 Å². The van der Waals surface area contributed by atoms with Crippen LogP contribution in [0.2, 0.25) is 0 Å². The van der Waals surface area contributed by atoms with E-state index in [1.165, 1.54) is 6.92 Å². The predicted octanol–water partition coefficient (Wildman–Crippen LogP) is 1.90. The van der Waals surface area contributed by atoms with Gasteiger partial charge in [-0.25, -0.2) is 4.79 Å². The van der Waals surface area contributed by atoms with Crippen molar-refractivity contribution in [2.24, 2.45) is 11.8 Å². The molecule has 0 unspecified atom stereocenters. The second kappa shape index (κ2) is 5.55. The highest BCUT2D eigenvalue weighted by molar-refractivity contribution is 6.32. The number of carbonyl (C=O) groups excluding carboxylic acids is 1. The maximum absolute atomic E-state index is 11.3. The van der Waals surface area contributed by atoms with Crippen LogP contribution >= 0.6 is 0 Å². The molecule has 0 aliphatic heterocycles. The lowest BCUT2D eigenvalue weighted by Gasteiger charge is -2.23. The summed E-state index contributed by atoms with van der Waals surface area (Å²) < 4.78 is 5.20.